The molecule has 0 unspecified atom stereocenters. The minimum absolute atomic E-state index is 0. The van der Waals surface area contributed by atoms with Gasteiger partial charge in [0, 0.05) is 34.5 Å². The van der Waals surface area contributed by atoms with Gasteiger partial charge >= 0.3 is 5.51 Å². The van der Waals surface area contributed by atoms with E-state index in [0.717, 1.165) is 6.07 Å². The molecule has 9 heteroatoms. The third kappa shape index (κ3) is 7.32. The van der Waals surface area contributed by atoms with E-state index in [2.05, 4.69) is 0 Å². The Bertz CT molecular complexity index is 473. The van der Waals surface area contributed by atoms with Gasteiger partial charge in [-0.05, 0) is 23.4 Å². The van der Waals surface area contributed by atoms with Crippen molar-refractivity contribution in [3.63, 3.8) is 0 Å². The molecule has 0 aliphatic heterocycles. The molecule has 0 saturated carbocycles. The van der Waals surface area contributed by atoms with Crippen LogP contribution in [-0.2, 0) is 15.9 Å². The van der Waals surface area contributed by atoms with Crippen molar-refractivity contribution in [2.45, 2.75) is 16.2 Å². The van der Waals surface area contributed by atoms with Crippen LogP contribution < -0.4 is 0 Å². The van der Waals surface area contributed by atoms with Crippen LogP contribution in [0.25, 0.3) is 0 Å². The van der Waals surface area contributed by atoms with Gasteiger partial charge in [-0.25, -0.2) is 0 Å². The molecule has 1 aromatic carbocycles. The maximum Gasteiger partial charge on any atom is 0.446 e. The third-order valence-electron chi connectivity index (χ3n) is 1.54. The number of halogens is 3. The fraction of sp³-hybridized carbons (Fsp3) is 0.250. The summed E-state index contributed by atoms with van der Waals surface area (Å²) in [6.45, 7) is 0. The maximum absolute atomic E-state index is 12.1. The van der Waals surface area contributed by atoms with Crippen molar-refractivity contribution >= 4 is 51.4 Å². The summed E-state index contributed by atoms with van der Waals surface area (Å²) in [6.07, 6.45) is 0. The van der Waals surface area contributed by atoms with Gasteiger partial charge in [0.25, 0.3) is 10.1 Å². The molecule has 0 spiro atoms. The van der Waals surface area contributed by atoms with E-state index in [1.165, 1.54) is 18.2 Å². The maximum atomic E-state index is 12.1. The van der Waals surface area contributed by atoms with Gasteiger partial charge in [-0.15, -0.1) is 0 Å². The van der Waals surface area contributed by atoms with E-state index in [1.54, 1.807) is 0 Å². The van der Waals surface area contributed by atoms with Crippen LogP contribution in [-0.4, -0.2) is 48.0 Å². The molecule has 1 aromatic rings. The van der Waals surface area contributed by atoms with Gasteiger partial charge in [0.05, 0.1) is 0 Å². The molecule has 0 aliphatic rings. The van der Waals surface area contributed by atoms with Gasteiger partial charge in [0.1, 0.15) is 5.75 Å². The first-order valence-electron chi connectivity index (χ1n) is 3.96. The number of hydrogen-bond acceptors (Lipinski definition) is 3. The van der Waals surface area contributed by atoms with E-state index in [1.807, 2.05) is 0 Å². The summed E-state index contributed by atoms with van der Waals surface area (Å²) < 4.78 is 66.1. The predicted octanol–water partition coefficient (Wildman–Crippen LogP) is 2.31. The van der Waals surface area contributed by atoms with Crippen molar-refractivity contribution in [1.29, 1.82) is 0 Å². The second-order valence-electron chi connectivity index (χ2n) is 2.88. The van der Waals surface area contributed by atoms with Gasteiger partial charge in [-0.1, -0.05) is 18.2 Å². The van der Waals surface area contributed by atoms with Crippen molar-refractivity contribution < 1.29 is 26.1 Å². The Kier molecular flexibility index (Phi) is 6.54. The van der Waals surface area contributed by atoms with Crippen molar-refractivity contribution in [3.8, 4) is 0 Å². The molecular weight excluding hydrogens is 288 g/mol. The fourth-order valence-electron chi connectivity index (χ4n) is 1.04. The zero-order valence-corrected chi connectivity index (χ0v) is 12.4. The SMILES string of the molecule is O=S(=O)(O)Cc1ccccc1SC(F)(F)F.[Na]. The molecule has 0 atom stereocenters. The zero-order valence-electron chi connectivity index (χ0n) is 8.73. The Morgan fingerprint density at radius 1 is 1.24 bits per heavy atom. The Morgan fingerprint density at radius 3 is 2.24 bits per heavy atom. The van der Waals surface area contributed by atoms with E-state index < -0.39 is 33.1 Å². The van der Waals surface area contributed by atoms with Gasteiger partial charge in [0.2, 0.25) is 0 Å². The molecular formula is C8H7F3NaO3S2. The van der Waals surface area contributed by atoms with E-state index >= 15 is 0 Å². The molecule has 1 N–H and O–H groups in total. The summed E-state index contributed by atoms with van der Waals surface area (Å²) in [5, 5.41) is 0. The summed E-state index contributed by atoms with van der Waals surface area (Å²) in [7, 11) is -4.34. The number of hydrogen-bond donors (Lipinski definition) is 1. The van der Waals surface area contributed by atoms with E-state index in [0.29, 0.717) is 0 Å². The summed E-state index contributed by atoms with van der Waals surface area (Å²) in [6, 6.07) is 5.14. The molecule has 0 aromatic heterocycles. The van der Waals surface area contributed by atoms with Gasteiger partial charge < -0.3 is 0 Å². The van der Waals surface area contributed by atoms with E-state index in [-0.39, 0.29) is 40.0 Å². The largest absolute Gasteiger partial charge is 0.446 e. The first-order valence-corrected chi connectivity index (χ1v) is 6.39. The van der Waals surface area contributed by atoms with Crippen LogP contribution in [0.1, 0.15) is 5.56 Å². The average molecular weight is 295 g/mol. The fourth-order valence-corrected chi connectivity index (χ4v) is 2.45. The normalized spacial score (nSPS) is 12.0. The molecule has 0 heterocycles. The van der Waals surface area contributed by atoms with Crippen molar-refractivity contribution in [2.24, 2.45) is 0 Å². The second-order valence-corrected chi connectivity index (χ2v) is 5.44. The Morgan fingerprint density at radius 2 is 1.76 bits per heavy atom. The molecule has 0 fully saturated rings. The van der Waals surface area contributed by atoms with Crippen LogP contribution in [0.5, 0.6) is 0 Å². The molecule has 0 amide bonds. The van der Waals surface area contributed by atoms with Gasteiger partial charge in [0.15, 0.2) is 0 Å². The first-order chi connectivity index (χ1) is 7.17. The molecule has 1 rings (SSSR count). The summed E-state index contributed by atoms with van der Waals surface area (Å²) in [4.78, 5) is -0.229. The van der Waals surface area contributed by atoms with Gasteiger partial charge in [-0.2, -0.15) is 21.6 Å². The average Bonchev–Trinajstić information content (AvgIpc) is 2.03. The topological polar surface area (TPSA) is 54.4 Å². The summed E-state index contributed by atoms with van der Waals surface area (Å²) in [5.74, 6) is -0.827. The van der Waals surface area contributed by atoms with Crippen LogP contribution in [0.15, 0.2) is 29.2 Å². The minimum Gasteiger partial charge on any atom is -0.285 e. The van der Waals surface area contributed by atoms with Gasteiger partial charge in [-0.3, -0.25) is 4.55 Å². The Balaban J connectivity index is 0.00000256. The standard InChI is InChI=1S/C8H7F3O3S2.Na/c9-8(10,11)15-7-4-2-1-3-6(7)5-16(12,13)14;/h1-4H,5H2,(H,12,13,14);. The number of rotatable bonds is 3. The van der Waals surface area contributed by atoms with Crippen molar-refractivity contribution in [3.05, 3.63) is 29.8 Å². The van der Waals surface area contributed by atoms with Crippen LogP contribution in [0, 0.1) is 0 Å². The quantitative estimate of drug-likeness (QED) is 0.528. The van der Waals surface area contributed by atoms with Crippen LogP contribution in [0.2, 0.25) is 0 Å². The molecule has 0 aliphatic carbocycles. The zero-order chi connectivity index (χ0) is 12.4. The minimum atomic E-state index is -4.49. The monoisotopic (exact) mass is 295 g/mol. The van der Waals surface area contributed by atoms with Crippen molar-refractivity contribution in [1.82, 2.24) is 0 Å². The molecule has 0 saturated heterocycles. The summed E-state index contributed by atoms with van der Waals surface area (Å²) >= 11 is -0.408. The molecule has 17 heavy (non-hydrogen) atoms. The molecule has 0 bridgehead atoms. The first kappa shape index (κ1) is 17.3. The van der Waals surface area contributed by atoms with E-state index in [4.69, 9.17) is 4.55 Å². The molecule has 3 nitrogen and oxygen atoms in total. The van der Waals surface area contributed by atoms with Crippen molar-refractivity contribution in [2.75, 3.05) is 0 Å². The number of alkyl halides is 3. The van der Waals surface area contributed by atoms with Crippen LogP contribution in [0.3, 0.4) is 0 Å². The van der Waals surface area contributed by atoms with Crippen LogP contribution >= 0.6 is 11.8 Å². The Labute approximate surface area is 123 Å². The Hall–Kier alpha value is 0.270. The predicted molar refractivity (Wildman–Crippen MR) is 59.4 cm³/mol. The van der Waals surface area contributed by atoms with Crippen LogP contribution in [0.4, 0.5) is 13.2 Å². The number of benzene rings is 1. The third-order valence-corrected chi connectivity index (χ3v) is 3.06. The second kappa shape index (κ2) is 6.44. The molecule has 1 radical (unpaired) electrons. The smallest absolute Gasteiger partial charge is 0.285 e. The molecule has 91 valence electrons. The summed E-state index contributed by atoms with van der Waals surface area (Å²) in [5.41, 5.74) is -4.57. The number of thioether (sulfide) groups is 1. The van der Waals surface area contributed by atoms with E-state index in [9.17, 15) is 21.6 Å².